The zero-order valence-electron chi connectivity index (χ0n) is 10.0. The summed E-state index contributed by atoms with van der Waals surface area (Å²) in [6, 6.07) is -0.0255. The number of hydrogen-bond acceptors (Lipinski definition) is 3. The quantitative estimate of drug-likeness (QED) is 0.734. The van der Waals surface area contributed by atoms with Gasteiger partial charge in [0.25, 0.3) is 0 Å². The monoisotopic (exact) mass is 226 g/mol. The summed E-state index contributed by atoms with van der Waals surface area (Å²) < 4.78 is 0. The molecule has 0 bridgehead atoms. The molecule has 4 nitrogen and oxygen atoms in total. The standard InChI is InChI=1S/C12H22N2O2/c1-2-13-10-5-3-8-14(11(10)15)9-12(16)6-4-7-12/h10,13,16H,2-9H2,1H3. The Bertz CT molecular complexity index is 262. The van der Waals surface area contributed by atoms with Crippen molar-refractivity contribution in [3.05, 3.63) is 0 Å². The van der Waals surface area contributed by atoms with Crippen LogP contribution in [0.3, 0.4) is 0 Å². The average Bonchev–Trinajstić information content (AvgIpc) is 2.22. The summed E-state index contributed by atoms with van der Waals surface area (Å²) in [5.41, 5.74) is -0.580. The van der Waals surface area contributed by atoms with Crippen LogP contribution in [0.4, 0.5) is 0 Å². The first kappa shape index (κ1) is 11.9. The van der Waals surface area contributed by atoms with E-state index in [2.05, 4.69) is 5.32 Å². The van der Waals surface area contributed by atoms with Crippen LogP contribution >= 0.6 is 0 Å². The van der Waals surface area contributed by atoms with Gasteiger partial charge in [0.05, 0.1) is 11.6 Å². The number of hydrogen-bond donors (Lipinski definition) is 2. The fraction of sp³-hybridized carbons (Fsp3) is 0.917. The Morgan fingerprint density at radius 1 is 1.50 bits per heavy atom. The van der Waals surface area contributed by atoms with Gasteiger partial charge in [-0.15, -0.1) is 0 Å². The summed E-state index contributed by atoms with van der Waals surface area (Å²) >= 11 is 0. The molecule has 1 saturated heterocycles. The van der Waals surface area contributed by atoms with Crippen LogP contribution < -0.4 is 5.32 Å². The maximum atomic E-state index is 12.1. The van der Waals surface area contributed by atoms with Crippen molar-refractivity contribution in [3.63, 3.8) is 0 Å². The van der Waals surface area contributed by atoms with E-state index >= 15 is 0 Å². The minimum absolute atomic E-state index is 0.0255. The second-order valence-corrected chi connectivity index (χ2v) is 5.09. The third-order valence-corrected chi connectivity index (χ3v) is 3.75. The van der Waals surface area contributed by atoms with Crippen molar-refractivity contribution < 1.29 is 9.90 Å². The van der Waals surface area contributed by atoms with E-state index in [1.807, 2.05) is 11.8 Å². The number of amides is 1. The van der Waals surface area contributed by atoms with Crippen molar-refractivity contribution in [3.8, 4) is 0 Å². The maximum Gasteiger partial charge on any atom is 0.239 e. The second-order valence-electron chi connectivity index (χ2n) is 5.09. The lowest BCUT2D eigenvalue weighted by molar-refractivity contribution is -0.143. The average molecular weight is 226 g/mol. The van der Waals surface area contributed by atoms with Crippen LogP contribution in [0.1, 0.15) is 39.0 Å². The van der Waals surface area contributed by atoms with Crippen LogP contribution in [0.5, 0.6) is 0 Å². The van der Waals surface area contributed by atoms with E-state index < -0.39 is 5.60 Å². The van der Waals surface area contributed by atoms with Gasteiger partial charge in [-0.05, 0) is 38.6 Å². The molecule has 1 aliphatic carbocycles. The van der Waals surface area contributed by atoms with Crippen LogP contribution in [0.25, 0.3) is 0 Å². The summed E-state index contributed by atoms with van der Waals surface area (Å²) in [6.07, 6.45) is 4.77. The number of nitrogens with zero attached hydrogens (tertiary/aromatic N) is 1. The first-order valence-electron chi connectivity index (χ1n) is 6.39. The van der Waals surface area contributed by atoms with Gasteiger partial charge in [0.15, 0.2) is 0 Å². The van der Waals surface area contributed by atoms with Gasteiger partial charge in [-0.3, -0.25) is 4.79 Å². The highest BCUT2D eigenvalue weighted by atomic mass is 16.3. The van der Waals surface area contributed by atoms with E-state index in [1.165, 1.54) is 0 Å². The van der Waals surface area contributed by atoms with Gasteiger partial charge in [0, 0.05) is 13.1 Å². The summed E-state index contributed by atoms with van der Waals surface area (Å²) in [4.78, 5) is 13.9. The normalized spacial score (nSPS) is 29.0. The van der Waals surface area contributed by atoms with Crippen molar-refractivity contribution in [1.29, 1.82) is 0 Å². The predicted octanol–water partition coefficient (Wildman–Crippen LogP) is 0.502. The van der Waals surface area contributed by atoms with Crippen molar-refractivity contribution in [2.24, 2.45) is 0 Å². The molecule has 2 rings (SSSR count). The highest BCUT2D eigenvalue weighted by molar-refractivity contribution is 5.82. The largest absolute Gasteiger partial charge is 0.388 e. The Balaban J connectivity index is 1.91. The van der Waals surface area contributed by atoms with E-state index in [0.717, 1.165) is 45.2 Å². The van der Waals surface area contributed by atoms with Crippen molar-refractivity contribution >= 4 is 5.91 Å². The predicted molar refractivity (Wildman–Crippen MR) is 62.1 cm³/mol. The third kappa shape index (κ3) is 2.38. The lowest BCUT2D eigenvalue weighted by Gasteiger charge is -2.43. The van der Waals surface area contributed by atoms with E-state index in [0.29, 0.717) is 6.54 Å². The van der Waals surface area contributed by atoms with E-state index in [4.69, 9.17) is 0 Å². The zero-order chi connectivity index (χ0) is 11.6. The Hall–Kier alpha value is -0.610. The molecule has 0 aromatic rings. The lowest BCUT2D eigenvalue weighted by Crippen LogP contribution is -2.56. The van der Waals surface area contributed by atoms with Crippen molar-refractivity contribution in [2.45, 2.75) is 50.7 Å². The molecule has 4 heteroatoms. The molecular formula is C12H22N2O2. The second kappa shape index (κ2) is 4.72. The smallest absolute Gasteiger partial charge is 0.239 e. The zero-order valence-corrected chi connectivity index (χ0v) is 10.0. The molecule has 1 saturated carbocycles. The highest BCUT2D eigenvalue weighted by Gasteiger charge is 2.39. The number of piperidine rings is 1. The SMILES string of the molecule is CCNC1CCCN(CC2(O)CCC2)C1=O. The van der Waals surface area contributed by atoms with E-state index in [1.54, 1.807) is 0 Å². The molecule has 0 aromatic heterocycles. The van der Waals surface area contributed by atoms with Gasteiger partial charge in [-0.25, -0.2) is 0 Å². The van der Waals surface area contributed by atoms with Gasteiger partial charge in [0.2, 0.25) is 5.91 Å². The summed E-state index contributed by atoms with van der Waals surface area (Å²) in [7, 11) is 0. The molecule has 1 heterocycles. The van der Waals surface area contributed by atoms with Crippen LogP contribution in [0.15, 0.2) is 0 Å². The molecule has 1 amide bonds. The van der Waals surface area contributed by atoms with E-state index in [9.17, 15) is 9.90 Å². The van der Waals surface area contributed by atoms with Gasteiger partial charge in [-0.1, -0.05) is 6.92 Å². The Labute approximate surface area is 97.0 Å². The van der Waals surface area contributed by atoms with Crippen LogP contribution in [0, 0.1) is 0 Å². The van der Waals surface area contributed by atoms with Crippen LogP contribution in [-0.2, 0) is 4.79 Å². The van der Waals surface area contributed by atoms with Gasteiger partial charge < -0.3 is 15.3 Å². The van der Waals surface area contributed by atoms with Gasteiger partial charge in [0.1, 0.15) is 0 Å². The molecule has 2 N–H and O–H groups in total. The van der Waals surface area contributed by atoms with Gasteiger partial charge >= 0.3 is 0 Å². The van der Waals surface area contributed by atoms with Crippen LogP contribution in [0.2, 0.25) is 0 Å². The van der Waals surface area contributed by atoms with Gasteiger partial charge in [-0.2, -0.15) is 0 Å². The lowest BCUT2D eigenvalue weighted by atomic mass is 9.79. The van der Waals surface area contributed by atoms with Crippen molar-refractivity contribution in [1.82, 2.24) is 10.2 Å². The third-order valence-electron chi connectivity index (χ3n) is 3.75. The number of rotatable bonds is 4. The van der Waals surface area contributed by atoms with E-state index in [-0.39, 0.29) is 11.9 Å². The molecule has 0 radical (unpaired) electrons. The molecule has 2 aliphatic rings. The number of β-amino-alcohol motifs (C(OH)–C–C–N with tert-alkyl or cyclic N) is 1. The van der Waals surface area contributed by atoms with Crippen LogP contribution in [-0.4, -0.2) is 47.2 Å². The summed E-state index contributed by atoms with van der Waals surface area (Å²) in [5, 5.41) is 13.3. The number of likely N-dealkylation sites (N-methyl/N-ethyl adjacent to an activating group) is 1. The Kier molecular flexibility index (Phi) is 3.50. The molecule has 1 aliphatic heterocycles. The fourth-order valence-electron chi connectivity index (χ4n) is 2.63. The maximum absolute atomic E-state index is 12.1. The fourth-order valence-corrected chi connectivity index (χ4v) is 2.63. The Morgan fingerprint density at radius 3 is 2.81 bits per heavy atom. The van der Waals surface area contributed by atoms with Crippen molar-refractivity contribution in [2.75, 3.05) is 19.6 Å². The first-order valence-corrected chi connectivity index (χ1v) is 6.39. The molecule has 1 atom stereocenters. The number of carbonyl (C=O) groups is 1. The molecule has 0 spiro atoms. The minimum Gasteiger partial charge on any atom is -0.388 e. The number of aliphatic hydroxyl groups is 1. The number of likely N-dealkylation sites (tertiary alicyclic amines) is 1. The Morgan fingerprint density at radius 2 is 2.25 bits per heavy atom. The molecule has 92 valence electrons. The summed E-state index contributed by atoms with van der Waals surface area (Å²) in [6.45, 7) is 4.19. The number of carbonyl (C=O) groups excluding carboxylic acids is 1. The minimum atomic E-state index is -0.580. The first-order chi connectivity index (χ1) is 7.64. The molecule has 2 fully saturated rings. The molecule has 16 heavy (non-hydrogen) atoms. The highest BCUT2D eigenvalue weighted by Crippen LogP contribution is 2.33. The molecule has 0 aromatic carbocycles. The topological polar surface area (TPSA) is 52.6 Å². The molecule has 1 unspecified atom stereocenters. The molecular weight excluding hydrogens is 204 g/mol. The summed E-state index contributed by atoms with van der Waals surface area (Å²) in [5.74, 6) is 0.174. The number of nitrogens with one attached hydrogen (secondary N) is 1.